The first-order valence-corrected chi connectivity index (χ1v) is 5.56. The van der Waals surface area contributed by atoms with Crippen molar-refractivity contribution in [1.29, 1.82) is 0 Å². The molecule has 0 radical (unpaired) electrons. The largest absolute Gasteiger partial charge is 0.405 e. The highest BCUT2D eigenvalue weighted by Gasteiger charge is 2.28. The maximum atomic E-state index is 12.0. The van der Waals surface area contributed by atoms with E-state index in [1.807, 2.05) is 35.6 Å². The van der Waals surface area contributed by atoms with Crippen molar-refractivity contribution in [2.45, 2.75) is 19.6 Å². The summed E-state index contributed by atoms with van der Waals surface area (Å²) in [4.78, 5) is 12.9. The molecule has 0 fully saturated rings. The lowest BCUT2D eigenvalue weighted by atomic mass is 10.2. The van der Waals surface area contributed by atoms with Crippen LogP contribution in [0.4, 0.5) is 18.0 Å². The van der Waals surface area contributed by atoms with Gasteiger partial charge in [-0.15, -0.1) is 0 Å². The average Bonchev–Trinajstić information content (AvgIpc) is 2.33. The number of carbonyl (C=O) groups excluding carboxylic acids is 1. The lowest BCUT2D eigenvalue weighted by Crippen LogP contribution is -2.43. The van der Waals surface area contributed by atoms with Crippen molar-refractivity contribution < 1.29 is 18.0 Å². The molecule has 0 unspecified atom stereocenters. The zero-order valence-electron chi connectivity index (χ0n) is 10.00. The van der Waals surface area contributed by atoms with Crippen LogP contribution in [0.2, 0.25) is 0 Å². The number of nitrogens with one attached hydrogen (secondary N) is 1. The summed E-state index contributed by atoms with van der Waals surface area (Å²) in [5, 5.41) is 1.86. The van der Waals surface area contributed by atoms with Crippen LogP contribution in [0, 0.1) is 0 Å². The van der Waals surface area contributed by atoms with Crippen LogP contribution < -0.4 is 5.32 Å². The molecule has 0 aliphatic carbocycles. The van der Waals surface area contributed by atoms with Gasteiger partial charge in [-0.2, -0.15) is 13.2 Å². The van der Waals surface area contributed by atoms with E-state index in [0.29, 0.717) is 13.1 Å². The minimum absolute atomic E-state index is 0.293. The van der Waals surface area contributed by atoms with Crippen molar-refractivity contribution >= 4 is 6.03 Å². The van der Waals surface area contributed by atoms with Crippen LogP contribution in [0.15, 0.2) is 30.3 Å². The molecule has 0 aliphatic rings. The lowest BCUT2D eigenvalue weighted by Gasteiger charge is -2.22. The minimum Gasteiger partial charge on any atom is -0.329 e. The van der Waals surface area contributed by atoms with Crippen molar-refractivity contribution in [2.75, 3.05) is 13.1 Å². The van der Waals surface area contributed by atoms with Crippen LogP contribution in [0.5, 0.6) is 0 Å². The van der Waals surface area contributed by atoms with E-state index in [2.05, 4.69) is 0 Å². The number of urea groups is 1. The molecule has 3 nitrogen and oxygen atoms in total. The number of halogens is 3. The van der Waals surface area contributed by atoms with E-state index >= 15 is 0 Å². The van der Waals surface area contributed by atoms with Gasteiger partial charge in [-0.1, -0.05) is 30.3 Å². The maximum absolute atomic E-state index is 12.0. The average molecular weight is 260 g/mol. The highest BCUT2D eigenvalue weighted by atomic mass is 19.4. The molecule has 6 heteroatoms. The molecular formula is C12H15F3N2O. The number of carbonyl (C=O) groups is 1. The Kier molecular flexibility index (Phi) is 5.00. The van der Waals surface area contributed by atoms with Crippen molar-refractivity contribution in [3.05, 3.63) is 35.9 Å². The van der Waals surface area contributed by atoms with Crippen LogP contribution in [-0.4, -0.2) is 30.2 Å². The summed E-state index contributed by atoms with van der Waals surface area (Å²) in [6.45, 7) is 1.05. The van der Waals surface area contributed by atoms with Crippen molar-refractivity contribution in [3.8, 4) is 0 Å². The highest BCUT2D eigenvalue weighted by molar-refractivity contribution is 5.74. The summed E-state index contributed by atoms with van der Waals surface area (Å²) >= 11 is 0. The van der Waals surface area contributed by atoms with Crippen LogP contribution >= 0.6 is 0 Å². The maximum Gasteiger partial charge on any atom is 0.405 e. The Bertz CT molecular complexity index is 379. The number of nitrogens with zero attached hydrogens (tertiary/aromatic N) is 1. The molecule has 0 bridgehead atoms. The molecule has 0 aliphatic heterocycles. The number of hydrogen-bond donors (Lipinski definition) is 1. The fraction of sp³-hybridized carbons (Fsp3) is 0.417. The van der Waals surface area contributed by atoms with Crippen molar-refractivity contribution in [2.24, 2.45) is 0 Å². The fourth-order valence-corrected chi connectivity index (χ4v) is 1.42. The third-order valence-corrected chi connectivity index (χ3v) is 2.33. The Balaban J connectivity index is 2.53. The van der Waals surface area contributed by atoms with Gasteiger partial charge in [0.15, 0.2) is 0 Å². The van der Waals surface area contributed by atoms with E-state index in [4.69, 9.17) is 0 Å². The van der Waals surface area contributed by atoms with Gasteiger partial charge < -0.3 is 10.2 Å². The zero-order valence-corrected chi connectivity index (χ0v) is 10.00. The zero-order chi connectivity index (χ0) is 13.6. The molecule has 0 atom stereocenters. The third-order valence-electron chi connectivity index (χ3n) is 2.33. The second-order valence-electron chi connectivity index (χ2n) is 3.77. The molecule has 0 saturated heterocycles. The van der Waals surface area contributed by atoms with Crippen molar-refractivity contribution in [1.82, 2.24) is 10.2 Å². The number of alkyl halides is 3. The Morgan fingerprint density at radius 1 is 1.28 bits per heavy atom. The van der Waals surface area contributed by atoms with Gasteiger partial charge in [0, 0.05) is 13.1 Å². The van der Waals surface area contributed by atoms with Gasteiger partial charge in [0.2, 0.25) is 0 Å². The summed E-state index contributed by atoms with van der Waals surface area (Å²) in [5.74, 6) is 0. The molecule has 0 saturated carbocycles. The lowest BCUT2D eigenvalue weighted by molar-refractivity contribution is -0.123. The van der Waals surface area contributed by atoms with Crippen molar-refractivity contribution in [3.63, 3.8) is 0 Å². The second-order valence-corrected chi connectivity index (χ2v) is 3.77. The summed E-state index contributed by atoms with van der Waals surface area (Å²) < 4.78 is 35.9. The third kappa shape index (κ3) is 5.07. The first kappa shape index (κ1) is 14.3. The summed E-state index contributed by atoms with van der Waals surface area (Å²) in [6, 6.07) is 8.40. The molecule has 1 rings (SSSR count). The topological polar surface area (TPSA) is 32.3 Å². The molecule has 2 amide bonds. The number of rotatable bonds is 4. The number of amides is 2. The number of hydrogen-bond acceptors (Lipinski definition) is 1. The predicted octanol–water partition coefficient (Wildman–Crippen LogP) is 2.78. The molecule has 1 aromatic rings. The van der Waals surface area contributed by atoms with Gasteiger partial charge in [-0.05, 0) is 12.5 Å². The summed E-state index contributed by atoms with van der Waals surface area (Å²) in [6.07, 6.45) is -4.39. The van der Waals surface area contributed by atoms with E-state index < -0.39 is 18.8 Å². The molecule has 1 N–H and O–H groups in total. The molecular weight excluding hydrogens is 245 g/mol. The molecule has 18 heavy (non-hydrogen) atoms. The SMILES string of the molecule is CCN(Cc1ccccc1)C(=O)NCC(F)(F)F. The molecule has 0 spiro atoms. The summed E-state index contributed by atoms with van der Waals surface area (Å²) in [7, 11) is 0. The summed E-state index contributed by atoms with van der Waals surface area (Å²) in [5.41, 5.74) is 0.876. The van der Waals surface area contributed by atoms with Gasteiger partial charge in [0.05, 0.1) is 0 Å². The van der Waals surface area contributed by atoms with Gasteiger partial charge in [0.1, 0.15) is 6.54 Å². The number of benzene rings is 1. The second kappa shape index (κ2) is 6.28. The fourth-order valence-electron chi connectivity index (χ4n) is 1.42. The first-order chi connectivity index (χ1) is 8.42. The predicted molar refractivity (Wildman–Crippen MR) is 62.0 cm³/mol. The molecule has 100 valence electrons. The van der Waals surface area contributed by atoms with Crippen LogP contribution in [0.3, 0.4) is 0 Å². The molecule has 1 aromatic carbocycles. The highest BCUT2D eigenvalue weighted by Crippen LogP contribution is 2.12. The Morgan fingerprint density at radius 2 is 1.89 bits per heavy atom. The minimum atomic E-state index is -4.39. The normalized spacial score (nSPS) is 11.1. The van der Waals surface area contributed by atoms with Crippen LogP contribution in [-0.2, 0) is 6.54 Å². The van der Waals surface area contributed by atoms with Crippen LogP contribution in [0.1, 0.15) is 12.5 Å². The Morgan fingerprint density at radius 3 is 2.39 bits per heavy atom. The van der Waals surface area contributed by atoms with Gasteiger partial charge in [-0.25, -0.2) is 4.79 Å². The van der Waals surface area contributed by atoms with E-state index in [1.165, 1.54) is 4.90 Å². The van der Waals surface area contributed by atoms with Gasteiger partial charge in [-0.3, -0.25) is 0 Å². The van der Waals surface area contributed by atoms with Gasteiger partial charge >= 0.3 is 12.2 Å². The molecule has 0 aromatic heterocycles. The monoisotopic (exact) mass is 260 g/mol. The quantitative estimate of drug-likeness (QED) is 0.887. The van der Waals surface area contributed by atoms with E-state index in [9.17, 15) is 18.0 Å². The molecule has 0 heterocycles. The smallest absolute Gasteiger partial charge is 0.329 e. The standard InChI is InChI=1S/C12H15F3N2O/c1-2-17(8-10-6-4-3-5-7-10)11(18)16-9-12(13,14)15/h3-7H,2,8-9H2,1H3,(H,16,18). The van der Waals surface area contributed by atoms with E-state index in [-0.39, 0.29) is 0 Å². The van der Waals surface area contributed by atoms with Gasteiger partial charge in [0.25, 0.3) is 0 Å². The Labute approximate surface area is 104 Å². The van der Waals surface area contributed by atoms with E-state index in [1.54, 1.807) is 6.92 Å². The Hall–Kier alpha value is -1.72. The first-order valence-electron chi connectivity index (χ1n) is 5.56. The van der Waals surface area contributed by atoms with E-state index in [0.717, 1.165) is 5.56 Å². The van der Waals surface area contributed by atoms with Crippen LogP contribution in [0.25, 0.3) is 0 Å².